The first-order chi connectivity index (χ1) is 10.1. The molecule has 3 rings (SSSR count). The molecule has 21 heavy (non-hydrogen) atoms. The third-order valence-electron chi connectivity index (χ3n) is 2.66. The van der Waals surface area contributed by atoms with E-state index < -0.39 is 0 Å². The van der Waals surface area contributed by atoms with Gasteiger partial charge in [-0.3, -0.25) is 10.1 Å². The third kappa shape index (κ3) is 3.52. The second kappa shape index (κ2) is 6.27. The molecule has 1 aromatic carbocycles. The maximum Gasteiger partial charge on any atom is 0.267 e. The van der Waals surface area contributed by atoms with Crippen LogP contribution in [0.15, 0.2) is 46.3 Å². The van der Waals surface area contributed by atoms with Crippen molar-refractivity contribution < 1.29 is 4.79 Å². The van der Waals surface area contributed by atoms with Crippen LogP contribution in [0.25, 0.3) is 11.3 Å². The van der Waals surface area contributed by atoms with Gasteiger partial charge >= 0.3 is 0 Å². The SMILES string of the molecule is O=C(Nc1nc(-c2ccc(Br)cc2)cs1)c1ccc(Cl)s1. The highest BCUT2D eigenvalue weighted by molar-refractivity contribution is 9.10. The number of hydrogen-bond acceptors (Lipinski definition) is 4. The number of nitrogens with one attached hydrogen (secondary N) is 1. The van der Waals surface area contributed by atoms with Crippen molar-refractivity contribution in [2.24, 2.45) is 0 Å². The van der Waals surface area contributed by atoms with Gasteiger partial charge in [-0.2, -0.15) is 0 Å². The van der Waals surface area contributed by atoms with Gasteiger partial charge in [0, 0.05) is 15.4 Å². The van der Waals surface area contributed by atoms with Crippen LogP contribution in [0, 0.1) is 0 Å². The summed E-state index contributed by atoms with van der Waals surface area (Å²) >= 11 is 11.9. The fraction of sp³-hybridized carbons (Fsp3) is 0. The Balaban J connectivity index is 1.76. The third-order valence-corrected chi connectivity index (χ3v) is 5.18. The Kier molecular flexibility index (Phi) is 4.40. The number of aromatic nitrogens is 1. The summed E-state index contributed by atoms with van der Waals surface area (Å²) < 4.78 is 1.61. The molecule has 0 radical (unpaired) electrons. The van der Waals surface area contributed by atoms with E-state index in [4.69, 9.17) is 11.6 Å². The van der Waals surface area contributed by atoms with E-state index in [1.807, 2.05) is 29.6 Å². The first-order valence-electron chi connectivity index (χ1n) is 5.90. The number of amides is 1. The van der Waals surface area contributed by atoms with Crippen LogP contribution >= 0.6 is 50.2 Å². The van der Waals surface area contributed by atoms with Gasteiger partial charge in [0.15, 0.2) is 5.13 Å². The zero-order valence-corrected chi connectivity index (χ0v) is 14.4. The molecule has 0 saturated heterocycles. The van der Waals surface area contributed by atoms with Crippen molar-refractivity contribution in [2.45, 2.75) is 0 Å². The highest BCUT2D eigenvalue weighted by atomic mass is 79.9. The second-order valence-electron chi connectivity index (χ2n) is 4.10. The Labute approximate surface area is 142 Å². The standard InChI is InChI=1S/C14H8BrClN2OS2/c15-9-3-1-8(2-4-9)10-7-20-14(17-10)18-13(19)11-5-6-12(16)21-11/h1-7H,(H,17,18,19). The summed E-state index contributed by atoms with van der Waals surface area (Å²) in [4.78, 5) is 17.0. The van der Waals surface area contributed by atoms with Crippen molar-refractivity contribution >= 4 is 61.2 Å². The fourth-order valence-electron chi connectivity index (χ4n) is 1.68. The van der Waals surface area contributed by atoms with Crippen molar-refractivity contribution in [3.05, 3.63) is 55.5 Å². The molecule has 0 aliphatic carbocycles. The first kappa shape index (κ1) is 14.7. The molecule has 1 amide bonds. The van der Waals surface area contributed by atoms with Gasteiger partial charge in [0.1, 0.15) is 0 Å². The number of benzene rings is 1. The highest BCUT2D eigenvalue weighted by Gasteiger charge is 2.11. The van der Waals surface area contributed by atoms with Crippen molar-refractivity contribution in [1.82, 2.24) is 4.98 Å². The van der Waals surface area contributed by atoms with Crippen LogP contribution in [-0.2, 0) is 0 Å². The molecule has 2 heterocycles. The average molecular weight is 400 g/mol. The maximum atomic E-state index is 12.0. The van der Waals surface area contributed by atoms with E-state index in [1.54, 1.807) is 12.1 Å². The van der Waals surface area contributed by atoms with Gasteiger partial charge in [-0.15, -0.1) is 22.7 Å². The lowest BCUT2D eigenvalue weighted by molar-refractivity contribution is 0.103. The zero-order valence-electron chi connectivity index (χ0n) is 10.5. The van der Waals surface area contributed by atoms with Gasteiger partial charge < -0.3 is 0 Å². The smallest absolute Gasteiger partial charge is 0.267 e. The van der Waals surface area contributed by atoms with Gasteiger partial charge in [0.2, 0.25) is 0 Å². The minimum atomic E-state index is -0.191. The zero-order chi connectivity index (χ0) is 14.8. The number of anilines is 1. The summed E-state index contributed by atoms with van der Waals surface area (Å²) in [6, 6.07) is 11.3. The summed E-state index contributed by atoms with van der Waals surface area (Å²) in [7, 11) is 0. The van der Waals surface area contributed by atoms with Gasteiger partial charge in [0.05, 0.1) is 14.9 Å². The Morgan fingerprint density at radius 3 is 2.62 bits per heavy atom. The number of halogens is 2. The molecule has 1 N–H and O–H groups in total. The molecule has 0 spiro atoms. The van der Waals surface area contributed by atoms with Crippen LogP contribution in [0.5, 0.6) is 0 Å². The minimum Gasteiger partial charge on any atom is -0.297 e. The van der Waals surface area contributed by atoms with Crippen molar-refractivity contribution in [3.8, 4) is 11.3 Å². The van der Waals surface area contributed by atoms with Gasteiger partial charge in [-0.25, -0.2) is 4.98 Å². The van der Waals surface area contributed by atoms with Crippen molar-refractivity contribution in [1.29, 1.82) is 0 Å². The van der Waals surface area contributed by atoms with E-state index >= 15 is 0 Å². The molecule has 0 bridgehead atoms. The number of nitrogens with zero attached hydrogens (tertiary/aromatic N) is 1. The van der Waals surface area contributed by atoms with Crippen LogP contribution in [0.4, 0.5) is 5.13 Å². The van der Waals surface area contributed by atoms with Crippen molar-refractivity contribution in [2.75, 3.05) is 5.32 Å². The number of rotatable bonds is 3. The number of carbonyl (C=O) groups is 1. The molecule has 3 aromatic rings. The molecule has 0 saturated carbocycles. The van der Waals surface area contributed by atoms with Crippen LogP contribution in [0.1, 0.15) is 9.67 Å². The largest absolute Gasteiger partial charge is 0.297 e. The summed E-state index contributed by atoms with van der Waals surface area (Å²) in [6.07, 6.45) is 0. The van der Waals surface area contributed by atoms with E-state index in [0.717, 1.165) is 15.7 Å². The van der Waals surface area contributed by atoms with Gasteiger partial charge in [-0.1, -0.05) is 39.7 Å². The average Bonchev–Trinajstić information content (AvgIpc) is 3.09. The fourth-order valence-corrected chi connectivity index (χ4v) is 3.60. The van der Waals surface area contributed by atoms with E-state index in [-0.39, 0.29) is 5.91 Å². The predicted molar refractivity (Wildman–Crippen MR) is 92.5 cm³/mol. The Morgan fingerprint density at radius 2 is 1.95 bits per heavy atom. The summed E-state index contributed by atoms with van der Waals surface area (Å²) in [5, 5.41) is 5.27. The monoisotopic (exact) mass is 398 g/mol. The Morgan fingerprint density at radius 1 is 1.19 bits per heavy atom. The lowest BCUT2D eigenvalue weighted by atomic mass is 10.2. The van der Waals surface area contributed by atoms with Crippen LogP contribution in [-0.4, -0.2) is 10.9 Å². The lowest BCUT2D eigenvalue weighted by Gasteiger charge is -1.98. The van der Waals surface area contributed by atoms with Crippen LogP contribution in [0.3, 0.4) is 0 Å². The number of thiazole rings is 1. The Hall–Kier alpha value is -1.21. The van der Waals surface area contributed by atoms with Crippen LogP contribution < -0.4 is 5.32 Å². The normalized spacial score (nSPS) is 10.6. The van der Waals surface area contributed by atoms with Gasteiger partial charge in [0.25, 0.3) is 5.91 Å². The first-order valence-corrected chi connectivity index (χ1v) is 8.77. The quantitative estimate of drug-likeness (QED) is 0.628. The molecule has 0 atom stereocenters. The van der Waals surface area contributed by atoms with E-state index in [9.17, 15) is 4.79 Å². The maximum absolute atomic E-state index is 12.0. The highest BCUT2D eigenvalue weighted by Crippen LogP contribution is 2.27. The molecule has 106 valence electrons. The topological polar surface area (TPSA) is 42.0 Å². The predicted octanol–water partition coefficient (Wildman–Crippen LogP) is 5.54. The number of thiophene rings is 1. The van der Waals surface area contributed by atoms with Crippen LogP contribution in [0.2, 0.25) is 4.34 Å². The summed E-state index contributed by atoms with van der Waals surface area (Å²) in [5.74, 6) is -0.191. The second-order valence-corrected chi connectivity index (χ2v) is 7.59. The molecule has 0 aliphatic rings. The summed E-state index contributed by atoms with van der Waals surface area (Å²) in [5.41, 5.74) is 1.85. The molecule has 3 nitrogen and oxygen atoms in total. The molecule has 0 aliphatic heterocycles. The molecule has 7 heteroatoms. The molecule has 0 fully saturated rings. The summed E-state index contributed by atoms with van der Waals surface area (Å²) in [6.45, 7) is 0. The Bertz CT molecular complexity index is 782. The van der Waals surface area contributed by atoms with E-state index in [1.165, 1.54) is 22.7 Å². The van der Waals surface area contributed by atoms with E-state index in [2.05, 4.69) is 26.2 Å². The number of hydrogen-bond donors (Lipinski definition) is 1. The van der Waals surface area contributed by atoms with Gasteiger partial charge in [-0.05, 0) is 24.3 Å². The lowest BCUT2D eigenvalue weighted by Crippen LogP contribution is -2.09. The number of carbonyl (C=O) groups excluding carboxylic acids is 1. The molecule has 0 unspecified atom stereocenters. The molecule has 2 aromatic heterocycles. The van der Waals surface area contributed by atoms with Crippen molar-refractivity contribution in [3.63, 3.8) is 0 Å². The molecular weight excluding hydrogens is 392 g/mol. The van der Waals surface area contributed by atoms with E-state index in [0.29, 0.717) is 14.3 Å². The molecular formula is C14H8BrClN2OS2. The minimum absolute atomic E-state index is 0.191.